The lowest BCUT2D eigenvalue weighted by atomic mass is 10.1. The summed E-state index contributed by atoms with van der Waals surface area (Å²) in [5.41, 5.74) is 1.48. The summed E-state index contributed by atoms with van der Waals surface area (Å²) in [4.78, 5) is 44.8. The van der Waals surface area contributed by atoms with E-state index in [-0.39, 0.29) is 30.1 Å². The highest BCUT2D eigenvalue weighted by atomic mass is 32.2. The largest absolute Gasteiger partial charge is 0.450 e. The molecule has 1 fully saturated rings. The quantitative estimate of drug-likeness (QED) is 0.497. The predicted molar refractivity (Wildman–Crippen MR) is 134 cm³/mol. The number of carbonyl (C=O) groups is 3. The molecule has 8 nitrogen and oxygen atoms in total. The van der Waals surface area contributed by atoms with Gasteiger partial charge < -0.3 is 19.9 Å². The average Bonchev–Trinajstić information content (AvgIpc) is 3.30. The highest BCUT2D eigenvalue weighted by molar-refractivity contribution is 8.01. The minimum Gasteiger partial charge on any atom is -0.450 e. The molecule has 3 amide bonds. The van der Waals surface area contributed by atoms with E-state index in [1.807, 2.05) is 47.8 Å². The molecule has 0 spiro atoms. The van der Waals surface area contributed by atoms with Gasteiger partial charge in [-0.3, -0.25) is 9.59 Å². The molecule has 0 unspecified atom stereocenters. The third kappa shape index (κ3) is 6.06. The first kappa shape index (κ1) is 24.0. The van der Waals surface area contributed by atoms with Gasteiger partial charge in [-0.05, 0) is 18.4 Å². The SMILES string of the molecule is CCOC(=O)N1CCN(C(=O)Cc2csc(SCC(=O)Nc3cccc4ccccc34)n2)CC1. The Morgan fingerprint density at radius 3 is 2.59 bits per heavy atom. The van der Waals surface area contributed by atoms with Crippen molar-refractivity contribution in [1.29, 1.82) is 0 Å². The second-order valence-electron chi connectivity index (χ2n) is 7.71. The van der Waals surface area contributed by atoms with Gasteiger partial charge in [0.15, 0.2) is 4.34 Å². The van der Waals surface area contributed by atoms with Crippen molar-refractivity contribution < 1.29 is 19.1 Å². The zero-order valence-corrected chi connectivity index (χ0v) is 20.5. The van der Waals surface area contributed by atoms with E-state index >= 15 is 0 Å². The van der Waals surface area contributed by atoms with Gasteiger partial charge in [0.25, 0.3) is 0 Å². The molecule has 4 rings (SSSR count). The van der Waals surface area contributed by atoms with E-state index in [9.17, 15) is 14.4 Å². The number of amides is 3. The lowest BCUT2D eigenvalue weighted by Gasteiger charge is -2.34. The molecule has 0 bridgehead atoms. The zero-order valence-electron chi connectivity index (χ0n) is 18.9. The Morgan fingerprint density at radius 2 is 1.79 bits per heavy atom. The van der Waals surface area contributed by atoms with Gasteiger partial charge in [0, 0.05) is 42.6 Å². The summed E-state index contributed by atoms with van der Waals surface area (Å²) in [6.45, 7) is 4.01. The molecule has 1 saturated heterocycles. The second-order valence-corrected chi connectivity index (χ2v) is 9.79. The van der Waals surface area contributed by atoms with Gasteiger partial charge in [-0.1, -0.05) is 48.2 Å². The minimum atomic E-state index is -0.333. The number of aromatic nitrogens is 1. The fourth-order valence-corrected chi connectivity index (χ4v) is 5.35. The van der Waals surface area contributed by atoms with E-state index in [0.717, 1.165) is 20.8 Å². The lowest BCUT2D eigenvalue weighted by Crippen LogP contribution is -2.51. The number of piperazine rings is 1. The molecule has 0 aliphatic carbocycles. The molecule has 178 valence electrons. The molecule has 0 atom stereocenters. The van der Waals surface area contributed by atoms with E-state index in [0.29, 0.717) is 38.5 Å². The maximum atomic E-state index is 12.6. The summed E-state index contributed by atoms with van der Waals surface area (Å²) in [6.07, 6.45) is -0.126. The molecular formula is C24H26N4O4S2. The van der Waals surface area contributed by atoms with Crippen molar-refractivity contribution in [3.8, 4) is 0 Å². The van der Waals surface area contributed by atoms with Gasteiger partial charge in [0.1, 0.15) is 0 Å². The van der Waals surface area contributed by atoms with Crippen LogP contribution in [0, 0.1) is 0 Å². The van der Waals surface area contributed by atoms with Crippen LogP contribution in [0.4, 0.5) is 10.5 Å². The number of benzene rings is 2. The number of carbonyl (C=O) groups excluding carboxylic acids is 3. The van der Waals surface area contributed by atoms with Crippen molar-refractivity contribution in [2.24, 2.45) is 0 Å². The Balaban J connectivity index is 1.24. The Bertz CT molecular complexity index is 1170. The Kier molecular flexibility index (Phi) is 8.02. The number of nitrogens with zero attached hydrogens (tertiary/aromatic N) is 3. The number of thioether (sulfide) groups is 1. The van der Waals surface area contributed by atoms with Crippen LogP contribution in [0.15, 0.2) is 52.2 Å². The summed E-state index contributed by atoms with van der Waals surface area (Å²) in [5.74, 6) is 0.118. The number of fused-ring (bicyclic) bond motifs is 1. The number of ether oxygens (including phenoxy) is 1. The first-order valence-electron chi connectivity index (χ1n) is 11.1. The number of nitrogens with one attached hydrogen (secondary N) is 1. The Hall–Kier alpha value is -3.11. The van der Waals surface area contributed by atoms with Crippen LogP contribution in [0.2, 0.25) is 0 Å². The summed E-state index contributed by atoms with van der Waals surface area (Å²) >= 11 is 2.79. The first-order chi connectivity index (χ1) is 16.5. The normalized spacial score (nSPS) is 13.7. The summed E-state index contributed by atoms with van der Waals surface area (Å²) in [7, 11) is 0. The fraction of sp³-hybridized carbons (Fsp3) is 0.333. The summed E-state index contributed by atoms with van der Waals surface area (Å²) < 4.78 is 5.76. The molecule has 1 N–H and O–H groups in total. The Labute approximate surface area is 206 Å². The highest BCUT2D eigenvalue weighted by Gasteiger charge is 2.25. The van der Waals surface area contributed by atoms with Crippen LogP contribution < -0.4 is 5.32 Å². The van der Waals surface area contributed by atoms with Crippen molar-refractivity contribution in [3.05, 3.63) is 53.5 Å². The van der Waals surface area contributed by atoms with E-state index in [1.165, 1.54) is 23.1 Å². The van der Waals surface area contributed by atoms with Gasteiger partial charge >= 0.3 is 6.09 Å². The van der Waals surface area contributed by atoms with E-state index in [2.05, 4.69) is 10.3 Å². The van der Waals surface area contributed by atoms with Crippen LogP contribution in [0.1, 0.15) is 12.6 Å². The van der Waals surface area contributed by atoms with Crippen molar-refractivity contribution in [2.45, 2.75) is 17.7 Å². The average molecular weight is 499 g/mol. The third-order valence-electron chi connectivity index (χ3n) is 5.41. The molecule has 1 aliphatic heterocycles. The van der Waals surface area contributed by atoms with Gasteiger partial charge in [0.05, 0.1) is 24.5 Å². The van der Waals surface area contributed by atoms with E-state index in [4.69, 9.17) is 4.74 Å². The molecule has 0 saturated carbocycles. The number of rotatable bonds is 7. The molecule has 3 aromatic rings. The maximum absolute atomic E-state index is 12.6. The van der Waals surface area contributed by atoms with Crippen LogP contribution >= 0.6 is 23.1 Å². The van der Waals surface area contributed by atoms with Crippen molar-refractivity contribution in [2.75, 3.05) is 43.9 Å². The molecule has 2 aromatic carbocycles. The maximum Gasteiger partial charge on any atom is 0.409 e. The zero-order chi connectivity index (χ0) is 23.9. The number of hydrogen-bond acceptors (Lipinski definition) is 7. The van der Waals surface area contributed by atoms with E-state index in [1.54, 1.807) is 16.7 Å². The highest BCUT2D eigenvalue weighted by Crippen LogP contribution is 2.26. The lowest BCUT2D eigenvalue weighted by molar-refractivity contribution is -0.132. The van der Waals surface area contributed by atoms with Crippen LogP contribution in [-0.2, 0) is 20.7 Å². The van der Waals surface area contributed by atoms with Crippen LogP contribution in [0.25, 0.3) is 10.8 Å². The van der Waals surface area contributed by atoms with Crippen LogP contribution in [-0.4, -0.2) is 71.2 Å². The fourth-order valence-electron chi connectivity index (χ4n) is 3.70. The van der Waals surface area contributed by atoms with Crippen molar-refractivity contribution >= 4 is 57.5 Å². The van der Waals surface area contributed by atoms with Crippen molar-refractivity contribution in [1.82, 2.24) is 14.8 Å². The van der Waals surface area contributed by atoms with Gasteiger partial charge in [0.2, 0.25) is 11.8 Å². The molecule has 0 radical (unpaired) electrons. The third-order valence-corrected chi connectivity index (χ3v) is 7.48. The molecule has 1 aromatic heterocycles. The Morgan fingerprint density at radius 1 is 1.06 bits per heavy atom. The van der Waals surface area contributed by atoms with Crippen molar-refractivity contribution in [3.63, 3.8) is 0 Å². The van der Waals surface area contributed by atoms with Gasteiger partial charge in [-0.25, -0.2) is 9.78 Å². The first-order valence-corrected chi connectivity index (χ1v) is 12.9. The van der Waals surface area contributed by atoms with Crippen LogP contribution in [0.5, 0.6) is 0 Å². The molecule has 2 heterocycles. The number of hydrogen-bond donors (Lipinski definition) is 1. The van der Waals surface area contributed by atoms with Gasteiger partial charge in [-0.2, -0.15) is 0 Å². The molecule has 34 heavy (non-hydrogen) atoms. The molecule has 1 aliphatic rings. The standard InChI is InChI=1S/C24H26N4O4S2/c1-2-32-24(31)28-12-10-27(11-13-28)22(30)14-18-15-33-23(25-18)34-16-21(29)26-20-9-5-7-17-6-3-4-8-19(17)20/h3-9,15H,2,10-14,16H2,1H3,(H,26,29). The summed E-state index contributed by atoms with van der Waals surface area (Å²) in [5, 5.41) is 6.91. The van der Waals surface area contributed by atoms with E-state index < -0.39 is 0 Å². The van der Waals surface area contributed by atoms with Gasteiger partial charge in [-0.15, -0.1) is 11.3 Å². The molecular weight excluding hydrogens is 472 g/mol. The van der Waals surface area contributed by atoms with Crippen LogP contribution in [0.3, 0.4) is 0 Å². The number of anilines is 1. The summed E-state index contributed by atoms with van der Waals surface area (Å²) in [6, 6.07) is 13.7. The molecule has 10 heteroatoms. The smallest absolute Gasteiger partial charge is 0.409 e. The minimum absolute atomic E-state index is 0.0148. The predicted octanol–water partition coefficient (Wildman–Crippen LogP) is 3.87. The topological polar surface area (TPSA) is 91.8 Å². The number of thiazole rings is 1. The monoisotopic (exact) mass is 498 g/mol. The second kappa shape index (κ2) is 11.3.